The molecule has 0 saturated heterocycles. The first-order valence-corrected chi connectivity index (χ1v) is 9.57. The summed E-state index contributed by atoms with van der Waals surface area (Å²) in [6.07, 6.45) is 4.36. The lowest BCUT2D eigenvalue weighted by Crippen LogP contribution is -2.45. The van der Waals surface area contributed by atoms with Crippen molar-refractivity contribution in [3.63, 3.8) is 0 Å². The molecular weight excluding hydrogens is 326 g/mol. The van der Waals surface area contributed by atoms with Crippen LogP contribution in [0.5, 0.6) is 0 Å². The van der Waals surface area contributed by atoms with Gasteiger partial charge in [-0.1, -0.05) is 75.3 Å². The van der Waals surface area contributed by atoms with Crippen molar-refractivity contribution in [2.45, 2.75) is 51.6 Å². The monoisotopic (exact) mass is 359 g/mol. The van der Waals surface area contributed by atoms with Gasteiger partial charge in [0, 0.05) is 5.92 Å². The van der Waals surface area contributed by atoms with Crippen LogP contribution in [-0.4, -0.2) is 42.2 Å². The first-order valence-electron chi connectivity index (χ1n) is 10.6. The number of hydrogen-bond acceptors (Lipinski definition) is 4. The average Bonchev–Trinajstić information content (AvgIpc) is 2.71. The fourth-order valence-electron chi connectivity index (χ4n) is 3.52. The minimum absolute atomic E-state index is 0.296. The molecule has 1 aliphatic rings. The molecule has 4 heteroatoms. The summed E-state index contributed by atoms with van der Waals surface area (Å²) in [5, 5.41) is 11.4. The van der Waals surface area contributed by atoms with Crippen molar-refractivity contribution in [3.05, 3.63) is 35.9 Å². The lowest BCUT2D eigenvalue weighted by Gasteiger charge is -2.36. The van der Waals surface area contributed by atoms with Crippen LogP contribution >= 0.6 is 0 Å². The standard InChI is InChI=1S/C22H31NO3/c1-3-23(4-2)17-11-12-18-26-21(24)22(25,19-13-7-5-8-14-19)20-15-9-6-10-16-20/h5,7-8,13-14,20,25H,3-4,6,9-10,15-18H2,1-2H3/t22-/m0/s1/i18D2. The second kappa shape index (κ2) is 10.4. The number of aliphatic hydroxyl groups is 1. The maximum Gasteiger partial charge on any atom is 0.344 e. The highest BCUT2D eigenvalue weighted by Gasteiger charge is 2.46. The molecule has 0 amide bonds. The quantitative estimate of drug-likeness (QED) is 0.599. The van der Waals surface area contributed by atoms with Crippen LogP contribution in [0.3, 0.4) is 0 Å². The zero-order chi connectivity index (χ0) is 20.6. The molecule has 1 saturated carbocycles. The molecule has 0 heterocycles. The Morgan fingerprint density at radius 2 is 1.88 bits per heavy atom. The Morgan fingerprint density at radius 3 is 2.50 bits per heavy atom. The Labute approximate surface area is 160 Å². The van der Waals surface area contributed by atoms with Crippen molar-refractivity contribution >= 4 is 5.97 Å². The molecule has 0 spiro atoms. The lowest BCUT2D eigenvalue weighted by molar-refractivity contribution is -0.174. The van der Waals surface area contributed by atoms with E-state index in [9.17, 15) is 9.90 Å². The van der Waals surface area contributed by atoms with Gasteiger partial charge < -0.3 is 9.84 Å². The Balaban J connectivity index is 2.21. The van der Waals surface area contributed by atoms with Crippen molar-refractivity contribution in [2.24, 2.45) is 5.92 Å². The predicted molar refractivity (Wildman–Crippen MR) is 103 cm³/mol. The van der Waals surface area contributed by atoms with Crippen LogP contribution in [0.25, 0.3) is 0 Å². The van der Waals surface area contributed by atoms with Gasteiger partial charge in [0.25, 0.3) is 0 Å². The van der Waals surface area contributed by atoms with Gasteiger partial charge in [-0.3, -0.25) is 4.90 Å². The van der Waals surface area contributed by atoms with E-state index in [0.717, 1.165) is 32.4 Å². The van der Waals surface area contributed by atoms with Crippen molar-refractivity contribution in [1.29, 1.82) is 0 Å². The Kier molecular flexibility index (Phi) is 7.00. The van der Waals surface area contributed by atoms with E-state index >= 15 is 0 Å². The van der Waals surface area contributed by atoms with E-state index in [1.165, 1.54) is 0 Å². The van der Waals surface area contributed by atoms with Crippen LogP contribution in [0.1, 0.15) is 54.3 Å². The molecule has 0 aromatic heterocycles. The number of carbonyl (C=O) groups is 1. The highest BCUT2D eigenvalue weighted by molar-refractivity contribution is 5.81. The number of esters is 1. The summed E-state index contributed by atoms with van der Waals surface area (Å²) >= 11 is 0. The fraction of sp³-hybridized carbons (Fsp3) is 0.591. The molecule has 0 radical (unpaired) electrons. The van der Waals surface area contributed by atoms with Gasteiger partial charge in [0.1, 0.15) is 0 Å². The largest absolute Gasteiger partial charge is 0.450 e. The summed E-state index contributed by atoms with van der Waals surface area (Å²) in [4.78, 5) is 15.0. The Bertz CT molecular complexity index is 689. The molecule has 4 nitrogen and oxygen atoms in total. The molecule has 0 aliphatic heterocycles. The topological polar surface area (TPSA) is 49.8 Å². The van der Waals surface area contributed by atoms with Crippen LogP contribution in [0.4, 0.5) is 0 Å². The summed E-state index contributed by atoms with van der Waals surface area (Å²) in [7, 11) is 0. The molecule has 1 N–H and O–H groups in total. The molecule has 1 aromatic carbocycles. The van der Waals surface area contributed by atoms with Crippen molar-refractivity contribution in [2.75, 3.05) is 26.2 Å². The van der Waals surface area contributed by atoms with E-state index < -0.39 is 18.1 Å². The van der Waals surface area contributed by atoms with E-state index in [4.69, 9.17) is 7.48 Å². The second-order valence-electron chi connectivity index (χ2n) is 6.72. The van der Waals surface area contributed by atoms with Gasteiger partial charge in [-0.15, -0.1) is 0 Å². The lowest BCUT2D eigenvalue weighted by atomic mass is 9.73. The smallest absolute Gasteiger partial charge is 0.344 e. The van der Waals surface area contributed by atoms with Gasteiger partial charge in [0.15, 0.2) is 12.2 Å². The van der Waals surface area contributed by atoms with Gasteiger partial charge >= 0.3 is 5.97 Å². The molecule has 26 heavy (non-hydrogen) atoms. The number of nitrogens with zero attached hydrogens (tertiary/aromatic N) is 1. The highest BCUT2D eigenvalue weighted by atomic mass is 16.5. The number of benzene rings is 1. The van der Waals surface area contributed by atoms with E-state index in [-0.39, 0.29) is 5.92 Å². The predicted octanol–water partition coefficient (Wildman–Crippen LogP) is 3.34. The SMILES string of the molecule is [2H]C([2H])(C#CCN(CC)CC)OC(=O)[C@](O)(c1ccccc1)C1CCCCC1. The Morgan fingerprint density at radius 1 is 1.23 bits per heavy atom. The van der Waals surface area contributed by atoms with E-state index in [1.54, 1.807) is 24.3 Å². The number of ether oxygens (including phenoxy) is 1. The average molecular weight is 360 g/mol. The van der Waals surface area contributed by atoms with Crippen LogP contribution < -0.4 is 0 Å². The second-order valence-corrected chi connectivity index (χ2v) is 6.72. The minimum Gasteiger partial charge on any atom is -0.450 e. The third kappa shape index (κ3) is 5.09. The summed E-state index contributed by atoms with van der Waals surface area (Å²) in [5.41, 5.74) is -1.42. The third-order valence-corrected chi connectivity index (χ3v) is 5.20. The van der Waals surface area contributed by atoms with Crippen LogP contribution in [0.15, 0.2) is 30.3 Å². The molecule has 142 valence electrons. The molecule has 0 bridgehead atoms. The van der Waals surface area contributed by atoms with Crippen LogP contribution in [0.2, 0.25) is 0 Å². The van der Waals surface area contributed by atoms with Crippen molar-refractivity contribution in [1.82, 2.24) is 4.90 Å². The van der Waals surface area contributed by atoms with Crippen molar-refractivity contribution < 1.29 is 17.4 Å². The molecule has 1 aliphatic carbocycles. The van der Waals surface area contributed by atoms with Gasteiger partial charge in [0.05, 0.1) is 9.29 Å². The number of carbonyl (C=O) groups excluding carboxylic acids is 1. The summed E-state index contributed by atoms with van der Waals surface area (Å²) in [5.74, 6) is 3.89. The molecular formula is C22H31NO3. The summed E-state index contributed by atoms with van der Waals surface area (Å²) < 4.78 is 21.1. The summed E-state index contributed by atoms with van der Waals surface area (Å²) in [6, 6.07) is 8.72. The van der Waals surface area contributed by atoms with Crippen molar-refractivity contribution in [3.8, 4) is 11.8 Å². The first kappa shape index (κ1) is 17.6. The summed E-state index contributed by atoms with van der Waals surface area (Å²) in [6.45, 7) is 3.57. The van der Waals surface area contributed by atoms with Gasteiger partial charge in [-0.25, -0.2) is 4.79 Å². The minimum atomic E-state index is -2.46. The molecule has 0 unspecified atom stereocenters. The maximum absolute atomic E-state index is 13.0. The highest BCUT2D eigenvalue weighted by Crippen LogP contribution is 2.40. The normalized spacial score (nSPS) is 18.9. The van der Waals surface area contributed by atoms with Crippen LogP contribution in [0, 0.1) is 17.8 Å². The Hall–Kier alpha value is -1.83. The fourth-order valence-corrected chi connectivity index (χ4v) is 3.52. The van der Waals surface area contributed by atoms with Gasteiger partial charge in [-0.05, 0) is 31.5 Å². The zero-order valence-corrected chi connectivity index (χ0v) is 15.8. The zero-order valence-electron chi connectivity index (χ0n) is 17.8. The van der Waals surface area contributed by atoms with E-state index in [1.807, 2.05) is 24.8 Å². The number of hydrogen-bond donors (Lipinski definition) is 1. The molecule has 1 atom stereocenters. The maximum atomic E-state index is 13.0. The first-order chi connectivity index (χ1) is 13.3. The molecule has 1 fully saturated rings. The van der Waals surface area contributed by atoms with E-state index in [2.05, 4.69) is 11.8 Å². The number of rotatable bonds is 7. The molecule has 1 aromatic rings. The van der Waals surface area contributed by atoms with Gasteiger partial charge in [0.2, 0.25) is 0 Å². The van der Waals surface area contributed by atoms with Crippen LogP contribution in [-0.2, 0) is 15.1 Å². The van der Waals surface area contributed by atoms with Gasteiger partial charge in [-0.2, -0.15) is 0 Å². The third-order valence-electron chi connectivity index (χ3n) is 5.20. The molecule has 2 rings (SSSR count). The van der Waals surface area contributed by atoms with E-state index in [0.29, 0.717) is 24.9 Å².